The molecule has 0 bridgehead atoms. The first kappa shape index (κ1) is 27.6. The lowest BCUT2D eigenvalue weighted by atomic mass is 10.1. The van der Waals surface area contributed by atoms with Crippen molar-refractivity contribution in [3.8, 4) is 22.7 Å². The van der Waals surface area contributed by atoms with E-state index in [0.717, 1.165) is 28.1 Å². The summed E-state index contributed by atoms with van der Waals surface area (Å²) in [5.74, 6) is 0.529. The van der Waals surface area contributed by atoms with E-state index < -0.39 is 0 Å². The molecular weight excluding hydrogens is 492 g/mol. The van der Waals surface area contributed by atoms with Gasteiger partial charge in [0.05, 0.1) is 19.4 Å². The predicted octanol–water partition coefficient (Wildman–Crippen LogP) is 5.20. The number of rotatable bonds is 10. The highest BCUT2D eigenvalue weighted by Crippen LogP contribution is 2.27. The van der Waals surface area contributed by atoms with E-state index in [9.17, 15) is 9.59 Å². The molecule has 0 fully saturated rings. The van der Waals surface area contributed by atoms with Crippen molar-refractivity contribution in [2.75, 3.05) is 39.2 Å². The second-order valence-corrected chi connectivity index (χ2v) is 9.40. The molecule has 0 aliphatic rings. The number of aromatic nitrogens is 2. The van der Waals surface area contributed by atoms with E-state index in [1.807, 2.05) is 79.2 Å². The van der Waals surface area contributed by atoms with Crippen molar-refractivity contribution in [1.82, 2.24) is 14.5 Å². The van der Waals surface area contributed by atoms with Gasteiger partial charge >= 0.3 is 0 Å². The topological polar surface area (TPSA) is 85.7 Å². The lowest BCUT2D eigenvalue weighted by molar-refractivity contribution is -0.117. The molecule has 8 heteroatoms. The molecular formula is C31H34N4O4. The Morgan fingerprint density at radius 2 is 1.67 bits per heavy atom. The zero-order valence-corrected chi connectivity index (χ0v) is 23.0. The second-order valence-electron chi connectivity index (χ2n) is 9.40. The molecule has 0 atom stereocenters. The zero-order valence-electron chi connectivity index (χ0n) is 23.0. The highest BCUT2D eigenvalue weighted by atomic mass is 16.5. The Balaban J connectivity index is 1.64. The smallest absolute Gasteiger partial charge is 0.254 e. The van der Waals surface area contributed by atoms with E-state index in [-0.39, 0.29) is 24.9 Å². The summed E-state index contributed by atoms with van der Waals surface area (Å²) >= 11 is 0. The summed E-state index contributed by atoms with van der Waals surface area (Å²) in [5, 5.41) is 2.94. The Bertz CT molecular complexity index is 1460. The van der Waals surface area contributed by atoms with Crippen LogP contribution in [-0.2, 0) is 9.53 Å². The van der Waals surface area contributed by atoms with Crippen LogP contribution in [0.15, 0.2) is 72.9 Å². The summed E-state index contributed by atoms with van der Waals surface area (Å²) in [6.45, 7) is 6.42. The Morgan fingerprint density at radius 1 is 0.923 bits per heavy atom. The summed E-state index contributed by atoms with van der Waals surface area (Å²) in [4.78, 5) is 32.9. The minimum absolute atomic E-state index is 0.145. The van der Waals surface area contributed by atoms with Gasteiger partial charge in [-0.1, -0.05) is 24.3 Å². The first-order chi connectivity index (χ1) is 18.8. The van der Waals surface area contributed by atoms with E-state index in [0.29, 0.717) is 23.8 Å². The number of ether oxygens (including phenoxy) is 2. The third-order valence-corrected chi connectivity index (χ3v) is 6.67. The Labute approximate surface area is 229 Å². The number of hydrogen-bond acceptors (Lipinski definition) is 5. The lowest BCUT2D eigenvalue weighted by Crippen LogP contribution is -2.40. The molecule has 39 heavy (non-hydrogen) atoms. The highest BCUT2D eigenvalue weighted by molar-refractivity contribution is 6.00. The van der Waals surface area contributed by atoms with E-state index in [4.69, 9.17) is 14.5 Å². The molecule has 0 saturated heterocycles. The molecule has 4 rings (SSSR count). The zero-order chi connectivity index (χ0) is 27.9. The number of amides is 2. The van der Waals surface area contributed by atoms with Crippen molar-refractivity contribution in [2.45, 2.75) is 20.8 Å². The molecule has 202 valence electrons. The van der Waals surface area contributed by atoms with Gasteiger partial charge in [-0.3, -0.25) is 19.5 Å². The van der Waals surface area contributed by atoms with Gasteiger partial charge in [-0.15, -0.1) is 0 Å². The maximum absolute atomic E-state index is 13.3. The van der Waals surface area contributed by atoms with E-state index >= 15 is 0 Å². The maximum atomic E-state index is 13.3. The van der Waals surface area contributed by atoms with Crippen LogP contribution in [0.25, 0.3) is 16.9 Å². The van der Waals surface area contributed by atoms with Crippen molar-refractivity contribution in [3.63, 3.8) is 0 Å². The van der Waals surface area contributed by atoms with Gasteiger partial charge in [0.15, 0.2) is 0 Å². The van der Waals surface area contributed by atoms with Gasteiger partial charge in [-0.05, 0) is 79.9 Å². The SMILES string of the molecule is COCCN(CC(=O)Nc1nc(-c2ccc(OC)cc2)cn1-c1ccc(C)c(C)c1)C(=O)c1ccccc1C. The van der Waals surface area contributed by atoms with Gasteiger partial charge in [0.25, 0.3) is 5.91 Å². The third-order valence-electron chi connectivity index (χ3n) is 6.67. The monoisotopic (exact) mass is 526 g/mol. The molecule has 8 nitrogen and oxygen atoms in total. The van der Waals surface area contributed by atoms with Crippen LogP contribution in [0.1, 0.15) is 27.0 Å². The number of nitrogens with zero attached hydrogens (tertiary/aromatic N) is 3. The number of anilines is 1. The van der Waals surface area contributed by atoms with Crippen molar-refractivity contribution < 1.29 is 19.1 Å². The standard InChI is InChI=1S/C31H34N4O4/c1-21-10-13-25(18-23(21)3)35-19-28(24-11-14-26(39-5)15-12-24)32-31(35)33-29(36)20-34(16-17-38-4)30(37)27-9-7-6-8-22(27)2/h6-15,18-19H,16-17,20H2,1-5H3,(H,32,33,36). The number of methoxy groups -OCH3 is 2. The minimum atomic E-state index is -0.356. The fourth-order valence-electron chi connectivity index (χ4n) is 4.22. The van der Waals surface area contributed by atoms with Crippen molar-refractivity contribution in [2.24, 2.45) is 0 Å². The van der Waals surface area contributed by atoms with Gasteiger partial charge in [0.1, 0.15) is 12.3 Å². The molecule has 0 radical (unpaired) electrons. The van der Waals surface area contributed by atoms with Crippen LogP contribution in [0.3, 0.4) is 0 Å². The van der Waals surface area contributed by atoms with Crippen LogP contribution in [0.5, 0.6) is 5.75 Å². The van der Waals surface area contributed by atoms with Crippen LogP contribution in [-0.4, -0.2) is 60.2 Å². The third kappa shape index (κ3) is 6.53. The minimum Gasteiger partial charge on any atom is -0.497 e. The number of aryl methyl sites for hydroxylation is 3. The van der Waals surface area contributed by atoms with Crippen molar-refractivity contribution in [1.29, 1.82) is 0 Å². The summed E-state index contributed by atoms with van der Waals surface area (Å²) in [6.07, 6.45) is 1.89. The second kappa shape index (κ2) is 12.4. The Kier molecular flexibility index (Phi) is 8.78. The van der Waals surface area contributed by atoms with Gasteiger partial charge in [-0.2, -0.15) is 0 Å². The maximum Gasteiger partial charge on any atom is 0.254 e. The summed E-state index contributed by atoms with van der Waals surface area (Å²) in [5.41, 5.74) is 6.14. The van der Waals surface area contributed by atoms with Crippen molar-refractivity contribution in [3.05, 3.63) is 95.2 Å². The fraction of sp³-hybridized carbons (Fsp3) is 0.258. The summed E-state index contributed by atoms with van der Waals surface area (Å²) in [7, 11) is 3.19. The summed E-state index contributed by atoms with van der Waals surface area (Å²) < 4.78 is 12.3. The lowest BCUT2D eigenvalue weighted by Gasteiger charge is -2.22. The van der Waals surface area contributed by atoms with Gasteiger partial charge in [0, 0.05) is 36.7 Å². The fourth-order valence-corrected chi connectivity index (χ4v) is 4.22. The Hall–Kier alpha value is -4.43. The largest absolute Gasteiger partial charge is 0.497 e. The molecule has 1 heterocycles. The van der Waals surface area contributed by atoms with Gasteiger partial charge in [-0.25, -0.2) is 4.98 Å². The van der Waals surface area contributed by atoms with Crippen LogP contribution in [0.4, 0.5) is 5.95 Å². The molecule has 4 aromatic rings. The molecule has 1 N–H and O–H groups in total. The van der Waals surface area contributed by atoms with Gasteiger partial charge < -0.3 is 14.4 Å². The first-order valence-electron chi connectivity index (χ1n) is 12.8. The summed E-state index contributed by atoms with van der Waals surface area (Å²) in [6, 6.07) is 21.0. The number of imidazole rings is 1. The number of hydrogen-bond donors (Lipinski definition) is 1. The normalized spacial score (nSPS) is 10.8. The van der Waals surface area contributed by atoms with Gasteiger partial charge in [0.2, 0.25) is 11.9 Å². The average Bonchev–Trinajstić information content (AvgIpc) is 3.36. The van der Waals surface area contributed by atoms with E-state index in [1.165, 1.54) is 10.5 Å². The molecule has 1 aromatic heterocycles. The molecule has 3 aromatic carbocycles. The number of carbonyl (C=O) groups excluding carboxylic acids is 2. The molecule has 2 amide bonds. The number of benzene rings is 3. The molecule has 0 aliphatic carbocycles. The number of carbonyl (C=O) groups is 2. The molecule has 0 saturated carbocycles. The predicted molar refractivity (Wildman–Crippen MR) is 153 cm³/mol. The van der Waals surface area contributed by atoms with Crippen LogP contribution in [0, 0.1) is 20.8 Å². The van der Waals surface area contributed by atoms with Crippen LogP contribution >= 0.6 is 0 Å². The molecule has 0 spiro atoms. The first-order valence-corrected chi connectivity index (χ1v) is 12.8. The van der Waals surface area contributed by atoms with Crippen molar-refractivity contribution >= 4 is 17.8 Å². The highest BCUT2D eigenvalue weighted by Gasteiger charge is 2.22. The van der Waals surface area contributed by atoms with E-state index in [1.54, 1.807) is 20.3 Å². The average molecular weight is 527 g/mol. The molecule has 0 unspecified atom stereocenters. The van der Waals surface area contributed by atoms with Crippen LogP contribution in [0.2, 0.25) is 0 Å². The quantitative estimate of drug-likeness (QED) is 0.307. The van der Waals surface area contributed by atoms with Crippen LogP contribution < -0.4 is 10.1 Å². The Morgan fingerprint density at radius 3 is 2.33 bits per heavy atom. The van der Waals surface area contributed by atoms with E-state index in [2.05, 4.69) is 18.3 Å². The number of nitrogens with one attached hydrogen (secondary N) is 1. The molecule has 0 aliphatic heterocycles.